The van der Waals surface area contributed by atoms with Crippen molar-refractivity contribution in [3.63, 3.8) is 0 Å². The minimum absolute atomic E-state index is 0.0129. The molecular formula is C24H32N6O2. The second-order valence-electron chi connectivity index (χ2n) is 9.32. The number of hydrogen-bond acceptors (Lipinski definition) is 6. The van der Waals surface area contributed by atoms with Crippen LogP contribution in [0.4, 0.5) is 0 Å². The number of pyridine rings is 1. The third-order valence-electron chi connectivity index (χ3n) is 6.89. The van der Waals surface area contributed by atoms with Gasteiger partial charge in [-0.3, -0.25) is 9.69 Å². The highest BCUT2D eigenvalue weighted by atomic mass is 16.5. The van der Waals surface area contributed by atoms with Gasteiger partial charge in [-0.15, -0.1) is 5.10 Å². The molecule has 0 spiro atoms. The number of ether oxygens (including phenoxy) is 1. The lowest BCUT2D eigenvalue weighted by Crippen LogP contribution is -2.38. The first-order valence-electron chi connectivity index (χ1n) is 11.9. The molecule has 2 aliphatic rings. The molecule has 1 saturated heterocycles. The minimum atomic E-state index is -0.0129. The number of H-pyrrole nitrogens is 1. The fraction of sp³-hybridized carbons (Fsp3) is 0.583. The van der Waals surface area contributed by atoms with Gasteiger partial charge in [-0.05, 0) is 66.6 Å². The number of hydrogen-bond donors (Lipinski definition) is 1. The smallest absolute Gasteiger partial charge is 0.252 e. The van der Waals surface area contributed by atoms with E-state index < -0.39 is 0 Å². The zero-order valence-electron chi connectivity index (χ0n) is 18.8. The van der Waals surface area contributed by atoms with Crippen LogP contribution in [0, 0.1) is 6.92 Å². The maximum atomic E-state index is 12.9. The van der Waals surface area contributed by atoms with Crippen molar-refractivity contribution in [3.8, 4) is 0 Å². The molecule has 1 aromatic carbocycles. The van der Waals surface area contributed by atoms with Gasteiger partial charge in [0, 0.05) is 30.3 Å². The van der Waals surface area contributed by atoms with E-state index >= 15 is 0 Å². The Morgan fingerprint density at radius 1 is 1.12 bits per heavy atom. The summed E-state index contributed by atoms with van der Waals surface area (Å²) in [6, 6.07) is 8.62. The summed E-state index contributed by atoms with van der Waals surface area (Å²) in [5, 5.41) is 13.6. The van der Waals surface area contributed by atoms with Crippen molar-refractivity contribution in [2.24, 2.45) is 0 Å². The number of tetrazole rings is 1. The zero-order chi connectivity index (χ0) is 21.9. The van der Waals surface area contributed by atoms with E-state index in [9.17, 15) is 4.79 Å². The van der Waals surface area contributed by atoms with Gasteiger partial charge in [0.25, 0.3) is 5.56 Å². The van der Waals surface area contributed by atoms with Crippen LogP contribution in [-0.4, -0.2) is 48.8 Å². The topological polar surface area (TPSA) is 88.9 Å². The van der Waals surface area contributed by atoms with Crippen LogP contribution in [0.1, 0.15) is 61.9 Å². The summed E-state index contributed by atoms with van der Waals surface area (Å²) >= 11 is 0. The van der Waals surface area contributed by atoms with Crippen LogP contribution < -0.4 is 5.56 Å². The fourth-order valence-electron chi connectivity index (χ4n) is 5.11. The van der Waals surface area contributed by atoms with Crippen LogP contribution in [0.25, 0.3) is 10.9 Å². The van der Waals surface area contributed by atoms with Crippen LogP contribution in [0.15, 0.2) is 29.1 Å². The molecule has 0 radical (unpaired) electrons. The van der Waals surface area contributed by atoms with E-state index in [1.54, 1.807) is 0 Å². The van der Waals surface area contributed by atoms with Crippen molar-refractivity contribution in [3.05, 3.63) is 51.6 Å². The normalized spacial score (nSPS) is 19.9. The first-order chi connectivity index (χ1) is 15.7. The van der Waals surface area contributed by atoms with Crippen molar-refractivity contribution >= 4 is 10.9 Å². The van der Waals surface area contributed by atoms with Gasteiger partial charge in [-0.1, -0.05) is 30.9 Å². The van der Waals surface area contributed by atoms with Gasteiger partial charge < -0.3 is 9.72 Å². The molecule has 8 heteroatoms. The van der Waals surface area contributed by atoms with E-state index in [2.05, 4.69) is 38.4 Å². The van der Waals surface area contributed by atoms with E-state index in [4.69, 9.17) is 4.74 Å². The van der Waals surface area contributed by atoms with Gasteiger partial charge in [0.1, 0.15) is 0 Å². The Bertz CT molecular complexity index is 1110. The Morgan fingerprint density at radius 3 is 2.81 bits per heavy atom. The molecule has 1 atom stereocenters. The average molecular weight is 437 g/mol. The van der Waals surface area contributed by atoms with Gasteiger partial charge in [0.15, 0.2) is 5.82 Å². The van der Waals surface area contributed by atoms with E-state index in [-0.39, 0.29) is 11.7 Å². The van der Waals surface area contributed by atoms with Crippen molar-refractivity contribution in [2.75, 3.05) is 6.61 Å². The molecule has 3 heterocycles. The van der Waals surface area contributed by atoms with Crippen molar-refractivity contribution in [2.45, 2.75) is 83.6 Å². The molecule has 0 amide bonds. The monoisotopic (exact) mass is 436 g/mol. The predicted molar refractivity (Wildman–Crippen MR) is 122 cm³/mol. The average Bonchev–Trinajstić information content (AvgIpc) is 3.47. The van der Waals surface area contributed by atoms with Crippen LogP contribution in [0.2, 0.25) is 0 Å². The first kappa shape index (κ1) is 21.3. The molecule has 32 heavy (non-hydrogen) atoms. The van der Waals surface area contributed by atoms with Gasteiger partial charge in [-0.2, -0.15) is 0 Å². The summed E-state index contributed by atoms with van der Waals surface area (Å²) in [5.74, 6) is 0.846. The van der Waals surface area contributed by atoms with E-state index in [0.29, 0.717) is 25.7 Å². The number of rotatable bonds is 7. The minimum Gasteiger partial charge on any atom is -0.376 e. The van der Waals surface area contributed by atoms with Crippen LogP contribution in [0.3, 0.4) is 0 Å². The zero-order valence-corrected chi connectivity index (χ0v) is 18.8. The third-order valence-corrected chi connectivity index (χ3v) is 6.89. The standard InChI is InChI=1S/C24H32N6O2/c1-17-9-10-22-18(12-17)13-19(24(31)25-22)14-29(20-6-3-2-4-7-20)16-23-26-27-28-30(23)15-21-8-5-11-32-21/h9-10,12-13,20-21H,2-8,11,14-16H2,1H3,(H,25,31). The van der Waals surface area contributed by atoms with Gasteiger partial charge in [-0.25, -0.2) is 4.68 Å². The highest BCUT2D eigenvalue weighted by molar-refractivity contribution is 5.79. The SMILES string of the molecule is Cc1ccc2[nH]c(=O)c(CN(Cc3nnnn3CC3CCCO3)C3CCCCC3)cc2c1. The molecule has 1 unspecified atom stereocenters. The fourth-order valence-corrected chi connectivity index (χ4v) is 5.11. The number of aryl methyl sites for hydroxylation is 1. The Labute approximate surface area is 188 Å². The molecule has 2 fully saturated rings. The van der Waals surface area contributed by atoms with Gasteiger partial charge in [0.2, 0.25) is 0 Å². The lowest BCUT2D eigenvalue weighted by molar-refractivity contribution is 0.0893. The number of nitrogens with zero attached hydrogens (tertiary/aromatic N) is 5. The number of benzene rings is 1. The second kappa shape index (κ2) is 9.50. The van der Waals surface area contributed by atoms with Crippen LogP contribution in [-0.2, 0) is 24.4 Å². The lowest BCUT2D eigenvalue weighted by atomic mass is 9.93. The summed E-state index contributed by atoms with van der Waals surface area (Å²) in [6.07, 6.45) is 8.39. The van der Waals surface area contributed by atoms with Crippen molar-refractivity contribution in [1.82, 2.24) is 30.1 Å². The Balaban J connectivity index is 1.41. The summed E-state index contributed by atoms with van der Waals surface area (Å²) < 4.78 is 7.68. The lowest BCUT2D eigenvalue weighted by Gasteiger charge is -2.34. The highest BCUT2D eigenvalue weighted by Crippen LogP contribution is 2.26. The molecule has 1 N–H and O–H groups in total. The Morgan fingerprint density at radius 2 is 2.00 bits per heavy atom. The maximum Gasteiger partial charge on any atom is 0.252 e. The number of nitrogens with one attached hydrogen (secondary N) is 1. The number of aromatic nitrogens is 5. The predicted octanol–water partition coefficient (Wildman–Crippen LogP) is 3.34. The summed E-state index contributed by atoms with van der Waals surface area (Å²) in [7, 11) is 0. The summed E-state index contributed by atoms with van der Waals surface area (Å²) in [5.41, 5.74) is 2.86. The molecule has 1 aliphatic heterocycles. The largest absolute Gasteiger partial charge is 0.376 e. The van der Waals surface area contributed by atoms with Crippen LogP contribution in [0.5, 0.6) is 0 Å². The first-order valence-corrected chi connectivity index (χ1v) is 11.9. The number of aromatic amines is 1. The Hall–Kier alpha value is -2.58. The number of fused-ring (bicyclic) bond motifs is 1. The molecule has 8 nitrogen and oxygen atoms in total. The van der Waals surface area contributed by atoms with Crippen molar-refractivity contribution in [1.29, 1.82) is 0 Å². The van der Waals surface area contributed by atoms with Crippen molar-refractivity contribution < 1.29 is 4.74 Å². The van der Waals surface area contributed by atoms with Crippen LogP contribution >= 0.6 is 0 Å². The summed E-state index contributed by atoms with van der Waals surface area (Å²) in [6.45, 7) is 4.82. The molecule has 2 aromatic heterocycles. The van der Waals surface area contributed by atoms with E-state index in [0.717, 1.165) is 54.6 Å². The second-order valence-corrected chi connectivity index (χ2v) is 9.32. The van der Waals surface area contributed by atoms with Gasteiger partial charge >= 0.3 is 0 Å². The Kier molecular flexibility index (Phi) is 6.32. The third kappa shape index (κ3) is 4.76. The maximum absolute atomic E-state index is 12.9. The highest BCUT2D eigenvalue weighted by Gasteiger charge is 2.25. The molecular weight excluding hydrogens is 404 g/mol. The molecule has 170 valence electrons. The molecule has 1 saturated carbocycles. The molecule has 1 aliphatic carbocycles. The van der Waals surface area contributed by atoms with E-state index in [1.807, 2.05) is 22.9 Å². The quantitative estimate of drug-likeness (QED) is 0.611. The summed E-state index contributed by atoms with van der Waals surface area (Å²) in [4.78, 5) is 18.4. The molecule has 3 aromatic rings. The van der Waals surface area contributed by atoms with Gasteiger partial charge in [0.05, 0.1) is 19.2 Å². The molecule has 0 bridgehead atoms. The molecule has 5 rings (SSSR count). The van der Waals surface area contributed by atoms with E-state index in [1.165, 1.54) is 24.8 Å².